The second-order valence-corrected chi connectivity index (χ2v) is 9.11. The van der Waals surface area contributed by atoms with Gasteiger partial charge in [0.05, 0.1) is 5.76 Å². The van der Waals surface area contributed by atoms with Gasteiger partial charge < -0.3 is 18.8 Å². The summed E-state index contributed by atoms with van der Waals surface area (Å²) in [6, 6.07) is 0. The van der Waals surface area contributed by atoms with Crippen molar-refractivity contribution in [2.75, 3.05) is 4.90 Å². The first kappa shape index (κ1) is 22.7. The first-order chi connectivity index (χ1) is 13.1. The summed E-state index contributed by atoms with van der Waals surface area (Å²) >= 11 is 0. The predicted octanol–water partition coefficient (Wildman–Crippen LogP) is 3.19. The van der Waals surface area contributed by atoms with Crippen LogP contribution in [0.25, 0.3) is 0 Å². The third kappa shape index (κ3) is 5.93. The van der Waals surface area contributed by atoms with Gasteiger partial charge in [-0.25, -0.2) is 19.6 Å². The number of anilines is 1. The van der Waals surface area contributed by atoms with E-state index >= 15 is 0 Å². The minimum atomic E-state index is -0.942. The quantitative estimate of drug-likeness (QED) is 0.692. The van der Waals surface area contributed by atoms with Crippen molar-refractivity contribution >= 4 is 30.7 Å². The second kappa shape index (κ2) is 7.66. The van der Waals surface area contributed by atoms with E-state index in [0.29, 0.717) is 16.1 Å². The van der Waals surface area contributed by atoms with E-state index in [1.165, 1.54) is 12.4 Å². The van der Waals surface area contributed by atoms with Crippen LogP contribution in [-0.2, 0) is 18.8 Å². The molecule has 0 aromatic carbocycles. The molecule has 0 unspecified atom stereocenters. The number of rotatable bonds is 2. The molecule has 1 aromatic rings. The van der Waals surface area contributed by atoms with Crippen LogP contribution in [0.4, 0.5) is 15.5 Å². The monoisotopic (exact) mass is 405 g/mol. The Bertz CT molecular complexity index is 768. The molecule has 29 heavy (non-hydrogen) atoms. The Hall–Kier alpha value is -2.62. The lowest BCUT2D eigenvalue weighted by atomic mass is 9.81. The zero-order chi connectivity index (χ0) is 22.2. The van der Waals surface area contributed by atoms with Crippen LogP contribution in [0.15, 0.2) is 24.7 Å². The summed E-state index contributed by atoms with van der Waals surface area (Å²) in [5.74, 6) is 0.295. The molecule has 0 bridgehead atoms. The summed E-state index contributed by atoms with van der Waals surface area (Å²) in [5, 5.41) is 0. The Morgan fingerprint density at radius 2 is 1.48 bits per heavy atom. The Kier molecular flexibility index (Phi) is 5.99. The van der Waals surface area contributed by atoms with Crippen LogP contribution in [0.1, 0.15) is 55.4 Å². The summed E-state index contributed by atoms with van der Waals surface area (Å²) < 4.78 is 22.0. The van der Waals surface area contributed by atoms with E-state index in [9.17, 15) is 9.59 Å². The Morgan fingerprint density at radius 3 is 1.83 bits per heavy atom. The van der Waals surface area contributed by atoms with E-state index in [0.717, 1.165) is 0 Å². The lowest BCUT2D eigenvalue weighted by molar-refractivity contribution is 0.0427. The zero-order valence-corrected chi connectivity index (χ0v) is 18.2. The average molecular weight is 405 g/mol. The van der Waals surface area contributed by atoms with Crippen LogP contribution in [0.5, 0.6) is 0 Å². The van der Waals surface area contributed by atoms with Crippen molar-refractivity contribution in [3.8, 4) is 0 Å². The van der Waals surface area contributed by atoms with Crippen molar-refractivity contribution in [1.29, 1.82) is 0 Å². The summed E-state index contributed by atoms with van der Waals surface area (Å²) in [6.45, 7) is 17.6. The molecular formula is C19H28BN3O6. The maximum atomic E-state index is 12.6. The molecule has 0 N–H and O–H groups in total. The lowest BCUT2D eigenvalue weighted by Gasteiger charge is -2.27. The number of aromatic nitrogens is 2. The van der Waals surface area contributed by atoms with Gasteiger partial charge in [0.15, 0.2) is 0 Å². The van der Waals surface area contributed by atoms with Crippen molar-refractivity contribution in [2.24, 2.45) is 0 Å². The molecule has 9 nitrogen and oxygen atoms in total. The molecule has 0 spiro atoms. The maximum Gasteiger partial charge on any atom is 0.566 e. The molecule has 1 fully saturated rings. The summed E-state index contributed by atoms with van der Waals surface area (Å²) in [7, 11) is -0.733. The average Bonchev–Trinajstić information content (AvgIpc) is 2.78. The topological polar surface area (TPSA) is 100 Å². The molecule has 0 aliphatic carbocycles. The molecule has 0 atom stereocenters. The van der Waals surface area contributed by atoms with E-state index in [1.807, 2.05) is 13.8 Å². The van der Waals surface area contributed by atoms with Crippen LogP contribution < -0.4 is 10.4 Å². The number of amides is 2. The Balaban J connectivity index is 2.30. The van der Waals surface area contributed by atoms with Gasteiger partial charge in [0, 0.05) is 17.9 Å². The first-order valence-electron chi connectivity index (χ1n) is 9.21. The van der Waals surface area contributed by atoms with Gasteiger partial charge >= 0.3 is 19.3 Å². The molecule has 0 saturated carbocycles. The van der Waals surface area contributed by atoms with Crippen molar-refractivity contribution < 1.29 is 28.4 Å². The summed E-state index contributed by atoms with van der Waals surface area (Å²) in [5.41, 5.74) is -1.79. The van der Waals surface area contributed by atoms with Gasteiger partial charge in [-0.05, 0) is 55.4 Å². The molecule has 2 heterocycles. The van der Waals surface area contributed by atoms with E-state index < -0.39 is 36.1 Å². The Labute approximate surface area is 171 Å². The van der Waals surface area contributed by atoms with Gasteiger partial charge in [-0.1, -0.05) is 6.58 Å². The van der Waals surface area contributed by atoms with Gasteiger partial charge in [-0.2, -0.15) is 0 Å². The SMILES string of the molecule is C=C1OB(c2cnc(N(C(=O)OC(C)(C)C)C(=O)OC(C)(C)C)nc2)OC1(C)C. The van der Waals surface area contributed by atoms with Crippen LogP contribution in [-0.4, -0.2) is 46.1 Å². The third-order valence-corrected chi connectivity index (χ3v) is 3.60. The van der Waals surface area contributed by atoms with Crippen LogP contribution in [0.2, 0.25) is 0 Å². The number of ether oxygens (including phenoxy) is 2. The molecule has 1 saturated heterocycles. The minimum absolute atomic E-state index is 0.187. The number of imide groups is 1. The van der Waals surface area contributed by atoms with Crippen molar-refractivity contribution in [2.45, 2.75) is 72.2 Å². The second-order valence-electron chi connectivity index (χ2n) is 9.11. The molecular weight excluding hydrogens is 377 g/mol. The van der Waals surface area contributed by atoms with Gasteiger partial charge in [-0.3, -0.25) is 0 Å². The number of hydrogen-bond acceptors (Lipinski definition) is 8. The van der Waals surface area contributed by atoms with Crippen molar-refractivity contribution in [3.05, 3.63) is 24.7 Å². The smallest absolute Gasteiger partial charge is 0.534 e. The predicted molar refractivity (Wildman–Crippen MR) is 108 cm³/mol. The largest absolute Gasteiger partial charge is 0.566 e. The van der Waals surface area contributed by atoms with Gasteiger partial charge in [-0.15, -0.1) is 4.90 Å². The molecule has 2 rings (SSSR count). The number of carbonyl (C=O) groups excluding carboxylic acids is 2. The minimum Gasteiger partial charge on any atom is -0.534 e. The highest BCUT2D eigenvalue weighted by molar-refractivity contribution is 6.62. The Morgan fingerprint density at radius 1 is 1.03 bits per heavy atom. The van der Waals surface area contributed by atoms with Crippen LogP contribution in [0, 0.1) is 0 Å². The third-order valence-electron chi connectivity index (χ3n) is 3.60. The van der Waals surface area contributed by atoms with Gasteiger partial charge in [0.25, 0.3) is 0 Å². The fourth-order valence-corrected chi connectivity index (χ4v) is 2.19. The fraction of sp³-hybridized carbons (Fsp3) is 0.579. The van der Waals surface area contributed by atoms with Crippen molar-refractivity contribution in [1.82, 2.24) is 9.97 Å². The van der Waals surface area contributed by atoms with Crippen molar-refractivity contribution in [3.63, 3.8) is 0 Å². The van der Waals surface area contributed by atoms with E-state index in [2.05, 4.69) is 16.5 Å². The summed E-state index contributed by atoms with van der Waals surface area (Å²) in [6.07, 6.45) is 0.928. The molecule has 1 aliphatic rings. The fourth-order valence-electron chi connectivity index (χ4n) is 2.19. The molecule has 2 amide bonds. The normalized spacial score (nSPS) is 16.3. The lowest BCUT2D eigenvalue weighted by Crippen LogP contribution is -2.45. The summed E-state index contributed by atoms with van der Waals surface area (Å²) in [4.78, 5) is 34.1. The standard InChI is InChI=1S/C19H28BN3O6/c1-12-19(8,9)29-20(28-12)13-10-21-14(22-11-13)23(15(24)26-17(2,3)4)16(25)27-18(5,6)7/h10-11H,1H2,2-9H3. The maximum absolute atomic E-state index is 12.6. The van der Waals surface area contributed by atoms with E-state index in [4.69, 9.17) is 18.8 Å². The van der Waals surface area contributed by atoms with Gasteiger partial charge in [0.1, 0.15) is 16.8 Å². The highest BCUT2D eigenvalue weighted by atomic mass is 16.7. The number of hydrogen-bond donors (Lipinski definition) is 0. The highest BCUT2D eigenvalue weighted by Crippen LogP contribution is 2.29. The van der Waals surface area contributed by atoms with E-state index in [-0.39, 0.29) is 5.95 Å². The van der Waals surface area contributed by atoms with Gasteiger partial charge in [0.2, 0.25) is 5.95 Å². The van der Waals surface area contributed by atoms with Crippen LogP contribution in [0.3, 0.4) is 0 Å². The highest BCUT2D eigenvalue weighted by Gasteiger charge is 2.43. The number of carbonyl (C=O) groups is 2. The zero-order valence-electron chi connectivity index (χ0n) is 18.2. The molecule has 0 radical (unpaired) electrons. The molecule has 158 valence electrons. The van der Waals surface area contributed by atoms with Crippen LogP contribution >= 0.6 is 0 Å². The number of nitrogens with zero attached hydrogens (tertiary/aromatic N) is 3. The molecule has 1 aromatic heterocycles. The van der Waals surface area contributed by atoms with E-state index in [1.54, 1.807) is 41.5 Å². The molecule has 1 aliphatic heterocycles. The first-order valence-corrected chi connectivity index (χ1v) is 9.21. The molecule has 10 heteroatoms.